The first kappa shape index (κ1) is 9.56. The van der Waals surface area contributed by atoms with Gasteiger partial charge in [0.25, 0.3) is 0 Å². The van der Waals surface area contributed by atoms with Crippen LogP contribution in [0.1, 0.15) is 34.1 Å². The van der Waals surface area contributed by atoms with Crippen molar-refractivity contribution in [2.24, 2.45) is 11.3 Å². The first-order valence-electron chi connectivity index (χ1n) is 4.75. The molecule has 1 saturated heterocycles. The summed E-state index contributed by atoms with van der Waals surface area (Å²) in [6, 6.07) is 0. The molecule has 0 radical (unpaired) electrons. The van der Waals surface area contributed by atoms with Gasteiger partial charge in [-0.05, 0) is 18.8 Å². The van der Waals surface area contributed by atoms with E-state index in [4.69, 9.17) is 0 Å². The van der Waals surface area contributed by atoms with Crippen molar-refractivity contribution in [3.8, 4) is 0 Å². The highest BCUT2D eigenvalue weighted by atomic mass is 16.2. The molecule has 1 atom stereocenters. The molecular weight excluding hydrogens is 150 g/mol. The fraction of sp³-hybridized carbons (Fsp3) is 0.900. The summed E-state index contributed by atoms with van der Waals surface area (Å²) in [6.45, 7) is 10.3. The third kappa shape index (κ3) is 1.62. The van der Waals surface area contributed by atoms with Crippen LogP contribution in [0.15, 0.2) is 0 Å². The van der Waals surface area contributed by atoms with Crippen LogP contribution in [0.2, 0.25) is 0 Å². The number of rotatable bonds is 1. The zero-order valence-corrected chi connectivity index (χ0v) is 8.55. The molecule has 0 saturated carbocycles. The van der Waals surface area contributed by atoms with Crippen molar-refractivity contribution in [1.29, 1.82) is 0 Å². The van der Waals surface area contributed by atoms with E-state index >= 15 is 0 Å². The largest absolute Gasteiger partial charge is 0.343 e. The van der Waals surface area contributed by atoms with Crippen LogP contribution in [0.4, 0.5) is 0 Å². The van der Waals surface area contributed by atoms with Crippen LogP contribution < -0.4 is 0 Å². The smallest absolute Gasteiger partial charge is 0.226 e. The number of amides is 1. The van der Waals surface area contributed by atoms with Crippen LogP contribution >= 0.6 is 0 Å². The lowest BCUT2D eigenvalue weighted by molar-refractivity contribution is -0.133. The van der Waals surface area contributed by atoms with Crippen molar-refractivity contribution in [3.63, 3.8) is 0 Å². The van der Waals surface area contributed by atoms with E-state index in [0.29, 0.717) is 5.91 Å². The van der Waals surface area contributed by atoms with E-state index in [9.17, 15) is 4.79 Å². The molecule has 1 aliphatic heterocycles. The molecule has 1 fully saturated rings. The predicted molar refractivity (Wildman–Crippen MR) is 49.8 cm³/mol. The third-order valence-corrected chi connectivity index (χ3v) is 2.72. The van der Waals surface area contributed by atoms with Gasteiger partial charge in [-0.2, -0.15) is 0 Å². The van der Waals surface area contributed by atoms with Crippen molar-refractivity contribution in [1.82, 2.24) is 4.90 Å². The molecule has 0 aromatic heterocycles. The van der Waals surface area contributed by atoms with Gasteiger partial charge < -0.3 is 4.90 Å². The third-order valence-electron chi connectivity index (χ3n) is 2.72. The Kier molecular flexibility index (Phi) is 2.45. The molecular formula is C10H19NO. The number of carbonyl (C=O) groups is 1. The molecule has 12 heavy (non-hydrogen) atoms. The Morgan fingerprint density at radius 1 is 1.50 bits per heavy atom. The fourth-order valence-corrected chi connectivity index (χ4v) is 1.86. The van der Waals surface area contributed by atoms with Crippen LogP contribution in [0.25, 0.3) is 0 Å². The fourth-order valence-electron chi connectivity index (χ4n) is 1.86. The van der Waals surface area contributed by atoms with Gasteiger partial charge in [0.2, 0.25) is 5.91 Å². The quantitative estimate of drug-likeness (QED) is 0.587. The lowest BCUT2D eigenvalue weighted by Gasteiger charge is -2.25. The van der Waals surface area contributed by atoms with Crippen LogP contribution in [0.5, 0.6) is 0 Å². The highest BCUT2D eigenvalue weighted by Gasteiger charge is 2.38. The van der Waals surface area contributed by atoms with Gasteiger partial charge in [-0.25, -0.2) is 0 Å². The minimum Gasteiger partial charge on any atom is -0.343 e. The summed E-state index contributed by atoms with van der Waals surface area (Å²) in [4.78, 5) is 13.7. The van der Waals surface area contributed by atoms with Gasteiger partial charge in [-0.1, -0.05) is 20.8 Å². The second-order valence-electron chi connectivity index (χ2n) is 4.63. The lowest BCUT2D eigenvalue weighted by atomic mass is 9.80. The van der Waals surface area contributed by atoms with Crippen molar-refractivity contribution in [2.45, 2.75) is 34.1 Å². The number of hydrogen-bond donors (Lipinski definition) is 0. The van der Waals surface area contributed by atoms with E-state index in [0.717, 1.165) is 19.5 Å². The van der Waals surface area contributed by atoms with Crippen LogP contribution in [-0.4, -0.2) is 23.9 Å². The zero-order valence-electron chi connectivity index (χ0n) is 8.55. The highest BCUT2D eigenvalue weighted by molar-refractivity contribution is 5.81. The molecule has 1 aliphatic rings. The Labute approximate surface area is 74.9 Å². The van der Waals surface area contributed by atoms with Gasteiger partial charge in [0.15, 0.2) is 0 Å². The Morgan fingerprint density at radius 2 is 2.08 bits per heavy atom. The summed E-state index contributed by atoms with van der Waals surface area (Å²) in [5, 5.41) is 0. The molecule has 0 N–H and O–H groups in total. The molecule has 0 aromatic rings. The average molecular weight is 169 g/mol. The van der Waals surface area contributed by atoms with E-state index < -0.39 is 0 Å². The number of nitrogens with zero attached hydrogens (tertiary/aromatic N) is 1. The SMILES string of the molecule is CCN1CCC(C(C)(C)C)C1=O. The van der Waals surface area contributed by atoms with Crippen LogP contribution in [0, 0.1) is 11.3 Å². The topological polar surface area (TPSA) is 20.3 Å². The number of carbonyl (C=O) groups excluding carboxylic acids is 1. The summed E-state index contributed by atoms with van der Waals surface area (Å²) >= 11 is 0. The summed E-state index contributed by atoms with van der Waals surface area (Å²) < 4.78 is 0. The molecule has 2 nitrogen and oxygen atoms in total. The Balaban J connectivity index is 2.67. The summed E-state index contributed by atoms with van der Waals surface area (Å²) in [5.41, 5.74) is 0.140. The Morgan fingerprint density at radius 3 is 2.33 bits per heavy atom. The van der Waals surface area contributed by atoms with Gasteiger partial charge in [0.1, 0.15) is 0 Å². The second-order valence-corrected chi connectivity index (χ2v) is 4.63. The highest BCUT2D eigenvalue weighted by Crippen LogP contribution is 2.34. The van der Waals surface area contributed by atoms with Crippen molar-refractivity contribution in [3.05, 3.63) is 0 Å². The first-order valence-corrected chi connectivity index (χ1v) is 4.75. The monoisotopic (exact) mass is 169 g/mol. The van der Waals surface area contributed by atoms with E-state index in [1.54, 1.807) is 0 Å². The molecule has 0 bridgehead atoms. The van der Waals surface area contributed by atoms with E-state index in [1.807, 2.05) is 11.8 Å². The predicted octanol–water partition coefficient (Wildman–Crippen LogP) is 1.90. The molecule has 2 heteroatoms. The minimum absolute atomic E-state index is 0.140. The van der Waals surface area contributed by atoms with E-state index in [-0.39, 0.29) is 11.3 Å². The molecule has 1 unspecified atom stereocenters. The first-order chi connectivity index (χ1) is 5.46. The maximum absolute atomic E-state index is 11.7. The van der Waals surface area contributed by atoms with Crippen molar-refractivity contribution >= 4 is 5.91 Å². The summed E-state index contributed by atoms with van der Waals surface area (Å²) in [5.74, 6) is 0.599. The molecule has 0 spiro atoms. The van der Waals surface area contributed by atoms with Gasteiger partial charge >= 0.3 is 0 Å². The molecule has 1 rings (SSSR count). The maximum atomic E-state index is 11.7. The zero-order chi connectivity index (χ0) is 9.35. The number of hydrogen-bond acceptors (Lipinski definition) is 1. The van der Waals surface area contributed by atoms with E-state index in [1.165, 1.54) is 0 Å². The number of likely N-dealkylation sites (tertiary alicyclic amines) is 1. The molecule has 0 aliphatic carbocycles. The molecule has 70 valence electrons. The van der Waals surface area contributed by atoms with Gasteiger partial charge in [-0.15, -0.1) is 0 Å². The second kappa shape index (κ2) is 3.08. The van der Waals surface area contributed by atoms with Crippen molar-refractivity contribution < 1.29 is 4.79 Å². The molecule has 0 aromatic carbocycles. The maximum Gasteiger partial charge on any atom is 0.226 e. The van der Waals surface area contributed by atoms with Crippen LogP contribution in [0.3, 0.4) is 0 Å². The van der Waals surface area contributed by atoms with E-state index in [2.05, 4.69) is 20.8 Å². The Bertz CT molecular complexity index is 181. The Hall–Kier alpha value is -0.530. The molecule has 1 heterocycles. The minimum atomic E-state index is 0.140. The van der Waals surface area contributed by atoms with Gasteiger partial charge in [0, 0.05) is 19.0 Å². The lowest BCUT2D eigenvalue weighted by Crippen LogP contribution is -2.32. The molecule has 1 amide bonds. The summed E-state index contributed by atoms with van der Waals surface area (Å²) in [7, 11) is 0. The normalized spacial score (nSPS) is 25.2. The average Bonchev–Trinajstić information content (AvgIpc) is 2.29. The summed E-state index contributed by atoms with van der Waals surface area (Å²) in [6.07, 6.45) is 1.04. The van der Waals surface area contributed by atoms with Gasteiger partial charge in [0.05, 0.1) is 0 Å². The van der Waals surface area contributed by atoms with Crippen molar-refractivity contribution in [2.75, 3.05) is 13.1 Å². The van der Waals surface area contributed by atoms with Gasteiger partial charge in [-0.3, -0.25) is 4.79 Å². The van der Waals surface area contributed by atoms with Crippen LogP contribution in [-0.2, 0) is 4.79 Å². The standard InChI is InChI=1S/C10H19NO/c1-5-11-7-6-8(9(11)12)10(2,3)4/h8H,5-7H2,1-4H3.